The fourth-order valence-electron chi connectivity index (χ4n) is 7.02. The third-order valence-electron chi connectivity index (χ3n) is 10.4. The summed E-state index contributed by atoms with van der Waals surface area (Å²) in [6.45, 7) is 4.56. The Morgan fingerprint density at radius 1 is 0.536 bits per heavy atom. The van der Waals surface area contributed by atoms with Crippen molar-refractivity contribution in [2.24, 2.45) is 0 Å². The summed E-state index contributed by atoms with van der Waals surface area (Å²) in [6.07, 6.45) is 0. The summed E-state index contributed by atoms with van der Waals surface area (Å²) >= 11 is 0. The van der Waals surface area contributed by atoms with E-state index in [1.54, 1.807) is 47.9 Å². The highest BCUT2D eigenvalue weighted by atomic mass is 19.1. The molecule has 2 aliphatic heterocycles. The van der Waals surface area contributed by atoms with Gasteiger partial charge in [0.25, 0.3) is 23.2 Å². The monoisotopic (exact) mass is 776 g/mol. The van der Waals surface area contributed by atoms with Crippen LogP contribution in [0.4, 0.5) is 40.3 Å². The third kappa shape index (κ3) is 8.01. The molecule has 4 aromatic carbocycles. The highest BCUT2D eigenvalue weighted by Crippen LogP contribution is 2.32. The van der Waals surface area contributed by atoms with E-state index >= 15 is 8.78 Å². The molecule has 0 spiro atoms. The van der Waals surface area contributed by atoms with E-state index in [2.05, 4.69) is 0 Å². The summed E-state index contributed by atoms with van der Waals surface area (Å²) in [5.74, 6) is -6.13. The molecule has 56 heavy (non-hydrogen) atoms. The quantitative estimate of drug-likeness (QED) is 0.100. The number of nitro groups is 2. The normalized spacial score (nSPS) is 15.7. The highest BCUT2D eigenvalue weighted by molar-refractivity contribution is 5.96. The van der Waals surface area contributed by atoms with Gasteiger partial charge in [0.1, 0.15) is 29.1 Å². The average molecular weight is 777 g/mol. The molecule has 2 heterocycles. The van der Waals surface area contributed by atoms with Crippen LogP contribution in [0.15, 0.2) is 72.8 Å². The fourth-order valence-corrected chi connectivity index (χ4v) is 7.02. The largest absolute Gasteiger partial charge is 0.366 e. The summed E-state index contributed by atoms with van der Waals surface area (Å²) in [6, 6.07) is 14.4. The number of halogens is 4. The zero-order valence-electron chi connectivity index (χ0n) is 30.3. The van der Waals surface area contributed by atoms with Crippen LogP contribution in [0.2, 0.25) is 0 Å². The Morgan fingerprint density at radius 2 is 0.893 bits per heavy atom. The Morgan fingerprint density at radius 3 is 1.21 bits per heavy atom. The van der Waals surface area contributed by atoms with Gasteiger partial charge in [-0.15, -0.1) is 0 Å². The summed E-state index contributed by atoms with van der Waals surface area (Å²) in [7, 11) is 0. The SMILES string of the molecule is CC(C(=O)C(C)c1ccc(N2CCN(C(=O)c3cc([N+](=O)[O-])ccc3F)CC2)c(F)c1)c1ccc(N2CCN(C(=O)c3cc([N+](=O)[O-])ccc3F)CC2)c(F)c1. The van der Waals surface area contributed by atoms with E-state index in [9.17, 15) is 43.4 Å². The number of anilines is 2. The van der Waals surface area contributed by atoms with Crippen molar-refractivity contribution in [3.63, 3.8) is 0 Å². The van der Waals surface area contributed by atoms with E-state index in [1.807, 2.05) is 0 Å². The molecular formula is C39H36F4N6O7. The molecule has 17 heteroatoms. The van der Waals surface area contributed by atoms with Gasteiger partial charge in [-0.05, 0) is 47.5 Å². The number of Topliss-reactive ketones (excluding diaryl/α,β-unsaturated/α-hetero) is 1. The van der Waals surface area contributed by atoms with Crippen LogP contribution < -0.4 is 9.80 Å². The molecule has 2 atom stereocenters. The van der Waals surface area contributed by atoms with Gasteiger partial charge in [0.15, 0.2) is 0 Å². The van der Waals surface area contributed by atoms with E-state index in [0.29, 0.717) is 11.1 Å². The van der Waals surface area contributed by atoms with Crippen molar-refractivity contribution in [3.05, 3.63) is 139 Å². The number of benzene rings is 4. The number of carbonyl (C=O) groups is 3. The highest BCUT2D eigenvalue weighted by Gasteiger charge is 2.30. The standard InChI is InChI=1S/C39H36F4N6O7/c1-23(25-3-9-35(33(42)19-25)44-11-15-46(16-12-44)38(51)29-21-27(48(53)54)5-7-31(29)40)37(50)24(2)26-4-10-36(34(43)20-26)45-13-17-47(18-14-45)39(52)30-22-28(49(55)56)6-8-32(30)41/h3-10,19-24H,11-18H2,1-2H3. The Hall–Kier alpha value is -6.39. The van der Waals surface area contributed by atoms with E-state index in [0.717, 1.165) is 36.4 Å². The van der Waals surface area contributed by atoms with Crippen LogP contribution in [0.3, 0.4) is 0 Å². The van der Waals surface area contributed by atoms with E-state index in [1.165, 1.54) is 21.9 Å². The number of nitrogens with zero attached hydrogens (tertiary/aromatic N) is 6. The summed E-state index contributed by atoms with van der Waals surface area (Å²) in [5, 5.41) is 22.2. The molecule has 2 amide bonds. The molecule has 0 N–H and O–H groups in total. The van der Waals surface area contributed by atoms with Gasteiger partial charge in [0.05, 0.1) is 32.3 Å². The molecule has 2 saturated heterocycles. The van der Waals surface area contributed by atoms with Crippen molar-refractivity contribution in [1.29, 1.82) is 0 Å². The van der Waals surface area contributed by atoms with Crippen LogP contribution in [0.25, 0.3) is 0 Å². The first-order valence-electron chi connectivity index (χ1n) is 17.7. The second kappa shape index (κ2) is 16.1. The molecule has 292 valence electrons. The van der Waals surface area contributed by atoms with Gasteiger partial charge in [-0.1, -0.05) is 26.0 Å². The topological polar surface area (TPSA) is 150 Å². The smallest absolute Gasteiger partial charge is 0.270 e. The van der Waals surface area contributed by atoms with Crippen LogP contribution in [0.1, 0.15) is 57.5 Å². The van der Waals surface area contributed by atoms with Crippen LogP contribution in [-0.2, 0) is 4.79 Å². The minimum Gasteiger partial charge on any atom is -0.366 e. The number of carbonyl (C=O) groups excluding carboxylic acids is 3. The predicted octanol–water partition coefficient (Wildman–Crippen LogP) is 6.46. The molecule has 2 aliphatic rings. The van der Waals surface area contributed by atoms with Crippen molar-refractivity contribution in [1.82, 2.24) is 9.80 Å². The second-order valence-electron chi connectivity index (χ2n) is 13.7. The Kier molecular flexibility index (Phi) is 11.3. The molecule has 0 aliphatic carbocycles. The van der Waals surface area contributed by atoms with Gasteiger partial charge in [0, 0.05) is 88.5 Å². The van der Waals surface area contributed by atoms with E-state index in [-0.39, 0.29) is 69.5 Å². The van der Waals surface area contributed by atoms with Crippen molar-refractivity contribution in [2.75, 3.05) is 62.2 Å². The predicted molar refractivity (Wildman–Crippen MR) is 197 cm³/mol. The maximum Gasteiger partial charge on any atom is 0.270 e. The number of ketones is 1. The minimum absolute atomic E-state index is 0.115. The maximum atomic E-state index is 15.5. The molecule has 4 aromatic rings. The number of rotatable bonds is 10. The lowest BCUT2D eigenvalue weighted by Gasteiger charge is -2.36. The Labute approximate surface area is 318 Å². The first-order valence-corrected chi connectivity index (χ1v) is 17.7. The number of nitro benzene ring substituents is 2. The van der Waals surface area contributed by atoms with Crippen LogP contribution in [0.5, 0.6) is 0 Å². The first kappa shape index (κ1) is 39.3. The molecule has 0 radical (unpaired) electrons. The number of piperazine rings is 2. The minimum atomic E-state index is -0.880. The number of non-ortho nitro benzene ring substituents is 2. The van der Waals surface area contributed by atoms with Crippen LogP contribution in [-0.4, -0.2) is 89.6 Å². The fraction of sp³-hybridized carbons (Fsp3) is 0.308. The van der Waals surface area contributed by atoms with Gasteiger partial charge in [0.2, 0.25) is 0 Å². The number of amides is 2. The molecule has 6 rings (SSSR count). The molecular weight excluding hydrogens is 740 g/mol. The lowest BCUT2D eigenvalue weighted by molar-refractivity contribution is -0.385. The molecule has 0 saturated carbocycles. The zero-order valence-corrected chi connectivity index (χ0v) is 30.3. The van der Waals surface area contributed by atoms with Crippen molar-refractivity contribution in [2.45, 2.75) is 25.7 Å². The molecule has 2 unspecified atom stereocenters. The third-order valence-corrected chi connectivity index (χ3v) is 10.4. The lowest BCUT2D eigenvalue weighted by atomic mass is 9.85. The summed E-state index contributed by atoms with van der Waals surface area (Å²) in [4.78, 5) is 66.3. The lowest BCUT2D eigenvalue weighted by Crippen LogP contribution is -2.49. The van der Waals surface area contributed by atoms with Gasteiger partial charge < -0.3 is 19.6 Å². The van der Waals surface area contributed by atoms with Crippen LogP contribution in [0, 0.1) is 43.5 Å². The van der Waals surface area contributed by atoms with Gasteiger partial charge in [-0.2, -0.15) is 0 Å². The zero-order chi connectivity index (χ0) is 40.4. The van der Waals surface area contributed by atoms with Crippen molar-refractivity contribution in [3.8, 4) is 0 Å². The molecule has 13 nitrogen and oxygen atoms in total. The van der Waals surface area contributed by atoms with Gasteiger partial charge in [-0.25, -0.2) is 17.6 Å². The number of hydrogen-bond acceptors (Lipinski definition) is 9. The average Bonchev–Trinajstić information content (AvgIpc) is 3.19. The molecule has 0 bridgehead atoms. The van der Waals surface area contributed by atoms with Gasteiger partial charge >= 0.3 is 0 Å². The first-order chi connectivity index (χ1) is 26.6. The van der Waals surface area contributed by atoms with Crippen molar-refractivity contribution >= 4 is 40.3 Å². The Balaban J connectivity index is 1.05. The van der Waals surface area contributed by atoms with Crippen LogP contribution >= 0.6 is 0 Å². The molecule has 2 fully saturated rings. The second-order valence-corrected chi connectivity index (χ2v) is 13.7. The van der Waals surface area contributed by atoms with E-state index in [4.69, 9.17) is 0 Å². The summed E-state index contributed by atoms with van der Waals surface area (Å²) in [5.41, 5.74) is -0.347. The maximum absolute atomic E-state index is 15.5. The molecule has 0 aromatic heterocycles. The van der Waals surface area contributed by atoms with Crippen molar-refractivity contribution < 1.29 is 41.8 Å². The Bertz CT molecular complexity index is 2070. The number of hydrogen-bond donors (Lipinski definition) is 0. The van der Waals surface area contributed by atoms with Gasteiger partial charge in [-0.3, -0.25) is 34.6 Å². The van der Waals surface area contributed by atoms with E-state index < -0.39 is 79.3 Å². The summed E-state index contributed by atoms with van der Waals surface area (Å²) < 4.78 is 59.7.